The van der Waals surface area contributed by atoms with E-state index < -0.39 is 12.0 Å². The van der Waals surface area contributed by atoms with Gasteiger partial charge < -0.3 is 15.3 Å². The first-order valence-corrected chi connectivity index (χ1v) is 7.50. The topological polar surface area (TPSA) is 72.9 Å². The molecule has 6 nitrogen and oxygen atoms in total. The Morgan fingerprint density at radius 2 is 2.19 bits per heavy atom. The fourth-order valence-corrected chi connectivity index (χ4v) is 3.19. The van der Waals surface area contributed by atoms with Crippen molar-refractivity contribution in [2.24, 2.45) is 0 Å². The normalized spacial score (nSPS) is 27.3. The van der Waals surface area contributed by atoms with Crippen molar-refractivity contribution >= 4 is 12.0 Å². The molecule has 3 unspecified atom stereocenters. The largest absolute Gasteiger partial charge is 0.480 e. The Labute approximate surface area is 125 Å². The fourth-order valence-electron chi connectivity index (χ4n) is 3.19. The summed E-state index contributed by atoms with van der Waals surface area (Å²) in [6.45, 7) is 4.61. The molecule has 2 fully saturated rings. The van der Waals surface area contributed by atoms with Crippen molar-refractivity contribution in [1.82, 2.24) is 15.1 Å². The molecule has 116 valence electrons. The summed E-state index contributed by atoms with van der Waals surface area (Å²) in [5.74, 6) is 1.20. The average Bonchev–Trinajstić information content (AvgIpc) is 2.45. The van der Waals surface area contributed by atoms with E-state index >= 15 is 0 Å². The number of urea groups is 1. The molecule has 2 amide bonds. The quantitative estimate of drug-likeness (QED) is 0.753. The number of carboxylic acids is 1. The molecular formula is C15H23N3O3. The van der Waals surface area contributed by atoms with Crippen LogP contribution in [-0.2, 0) is 4.79 Å². The van der Waals surface area contributed by atoms with Crippen molar-refractivity contribution in [2.45, 2.75) is 50.7 Å². The highest BCUT2D eigenvalue weighted by molar-refractivity contribution is 5.83. The number of piperidine rings is 1. The van der Waals surface area contributed by atoms with E-state index in [9.17, 15) is 9.59 Å². The maximum Gasteiger partial charge on any atom is 0.327 e. The third-order valence-electron chi connectivity index (χ3n) is 4.37. The maximum atomic E-state index is 12.3. The van der Waals surface area contributed by atoms with Gasteiger partial charge in [-0.25, -0.2) is 9.59 Å². The summed E-state index contributed by atoms with van der Waals surface area (Å²) in [6.07, 6.45) is 8.67. The van der Waals surface area contributed by atoms with Gasteiger partial charge in [0.1, 0.15) is 6.04 Å². The number of piperazine rings is 1. The zero-order chi connectivity index (χ0) is 15.4. The Bertz CT molecular complexity index is 446. The fraction of sp³-hybridized carbons (Fsp3) is 0.733. The molecule has 2 aliphatic rings. The highest BCUT2D eigenvalue weighted by Crippen LogP contribution is 2.24. The Hall–Kier alpha value is -1.74. The van der Waals surface area contributed by atoms with E-state index in [1.165, 1.54) is 12.8 Å². The highest BCUT2D eigenvalue weighted by atomic mass is 16.4. The second-order valence-electron chi connectivity index (χ2n) is 5.89. The number of nitrogens with zero attached hydrogens (tertiary/aromatic N) is 2. The average molecular weight is 293 g/mol. The molecule has 2 rings (SSSR count). The minimum atomic E-state index is -1.09. The van der Waals surface area contributed by atoms with E-state index in [2.05, 4.69) is 16.1 Å². The van der Waals surface area contributed by atoms with Crippen molar-refractivity contribution in [2.75, 3.05) is 19.6 Å². The standard InChI is InChI=1S/C15H23N3O3/c1-3-6-13(14(19)20)16-15(21)18-10-12-7-4-5-8-17(12)9-11(18)2/h1,11-13H,4-10H2,2H3,(H,16,21)(H,19,20). The van der Waals surface area contributed by atoms with Crippen LogP contribution < -0.4 is 5.32 Å². The van der Waals surface area contributed by atoms with Crippen LogP contribution in [-0.4, -0.2) is 64.7 Å². The molecule has 21 heavy (non-hydrogen) atoms. The van der Waals surface area contributed by atoms with Crippen LogP contribution >= 0.6 is 0 Å². The Morgan fingerprint density at radius 3 is 2.86 bits per heavy atom. The number of amides is 2. The summed E-state index contributed by atoms with van der Waals surface area (Å²) in [5.41, 5.74) is 0. The van der Waals surface area contributed by atoms with Crippen LogP contribution in [0.15, 0.2) is 0 Å². The van der Waals surface area contributed by atoms with Crippen molar-refractivity contribution in [3.8, 4) is 12.3 Å². The summed E-state index contributed by atoms with van der Waals surface area (Å²) in [6, 6.07) is -0.856. The van der Waals surface area contributed by atoms with Crippen LogP contribution in [0.4, 0.5) is 4.79 Å². The molecule has 0 saturated carbocycles. The lowest BCUT2D eigenvalue weighted by Gasteiger charge is -2.47. The number of nitrogens with one attached hydrogen (secondary N) is 1. The molecule has 0 radical (unpaired) electrons. The number of hydrogen-bond acceptors (Lipinski definition) is 3. The van der Waals surface area contributed by atoms with Crippen LogP contribution in [0.25, 0.3) is 0 Å². The number of aliphatic carboxylic acids is 1. The van der Waals surface area contributed by atoms with Gasteiger partial charge in [-0.1, -0.05) is 6.42 Å². The second kappa shape index (κ2) is 6.81. The van der Waals surface area contributed by atoms with E-state index in [1.807, 2.05) is 6.92 Å². The van der Waals surface area contributed by atoms with Crippen molar-refractivity contribution < 1.29 is 14.7 Å². The van der Waals surface area contributed by atoms with Gasteiger partial charge in [-0.15, -0.1) is 12.3 Å². The van der Waals surface area contributed by atoms with Gasteiger partial charge in [0.25, 0.3) is 0 Å². The number of carbonyl (C=O) groups is 2. The van der Waals surface area contributed by atoms with Gasteiger partial charge in [0.05, 0.1) is 0 Å². The van der Waals surface area contributed by atoms with E-state index in [-0.39, 0.29) is 18.5 Å². The first-order chi connectivity index (χ1) is 10.0. The van der Waals surface area contributed by atoms with Crippen molar-refractivity contribution in [3.63, 3.8) is 0 Å². The molecule has 3 atom stereocenters. The highest BCUT2D eigenvalue weighted by Gasteiger charge is 2.36. The zero-order valence-electron chi connectivity index (χ0n) is 12.4. The smallest absolute Gasteiger partial charge is 0.327 e. The number of carbonyl (C=O) groups excluding carboxylic acids is 1. The molecule has 0 aliphatic carbocycles. The SMILES string of the molecule is C#CCC(NC(=O)N1CC2CCCCN2CC1C)C(=O)O. The second-order valence-corrected chi connectivity index (χ2v) is 5.89. The van der Waals surface area contributed by atoms with Crippen molar-refractivity contribution in [3.05, 3.63) is 0 Å². The van der Waals surface area contributed by atoms with Crippen LogP contribution in [0, 0.1) is 12.3 Å². The molecule has 2 saturated heterocycles. The summed E-state index contributed by atoms with van der Waals surface area (Å²) >= 11 is 0. The summed E-state index contributed by atoms with van der Waals surface area (Å²) in [7, 11) is 0. The number of hydrogen-bond donors (Lipinski definition) is 2. The van der Waals surface area contributed by atoms with Gasteiger partial charge in [-0.3, -0.25) is 4.90 Å². The Balaban J connectivity index is 1.98. The minimum Gasteiger partial charge on any atom is -0.480 e. The number of terminal acetylenes is 1. The molecule has 2 heterocycles. The van der Waals surface area contributed by atoms with Crippen LogP contribution in [0.1, 0.15) is 32.6 Å². The molecule has 0 bridgehead atoms. The molecule has 0 aromatic heterocycles. The Morgan fingerprint density at radius 1 is 1.43 bits per heavy atom. The van der Waals surface area contributed by atoms with E-state index in [0.717, 1.165) is 19.5 Å². The van der Waals surface area contributed by atoms with Crippen molar-refractivity contribution in [1.29, 1.82) is 0 Å². The third-order valence-corrected chi connectivity index (χ3v) is 4.37. The lowest BCUT2D eigenvalue weighted by molar-refractivity contribution is -0.139. The molecule has 6 heteroatoms. The minimum absolute atomic E-state index is 0.00114. The molecule has 2 N–H and O–H groups in total. The monoisotopic (exact) mass is 293 g/mol. The summed E-state index contributed by atoms with van der Waals surface area (Å²) < 4.78 is 0. The predicted molar refractivity (Wildman–Crippen MR) is 78.8 cm³/mol. The van der Waals surface area contributed by atoms with Gasteiger partial charge in [0, 0.05) is 31.6 Å². The zero-order valence-corrected chi connectivity index (χ0v) is 12.4. The van der Waals surface area contributed by atoms with E-state index in [0.29, 0.717) is 12.6 Å². The predicted octanol–water partition coefficient (Wildman–Crippen LogP) is 0.731. The van der Waals surface area contributed by atoms with Gasteiger partial charge >= 0.3 is 12.0 Å². The van der Waals surface area contributed by atoms with Gasteiger partial charge in [0.2, 0.25) is 0 Å². The summed E-state index contributed by atoms with van der Waals surface area (Å²) in [5, 5.41) is 11.6. The van der Waals surface area contributed by atoms with Gasteiger partial charge in [-0.05, 0) is 26.3 Å². The molecule has 0 aromatic carbocycles. The molecule has 2 aliphatic heterocycles. The lowest BCUT2D eigenvalue weighted by atomic mass is 9.97. The maximum absolute atomic E-state index is 12.3. The first kappa shape index (κ1) is 15.6. The summed E-state index contributed by atoms with van der Waals surface area (Å²) in [4.78, 5) is 27.6. The van der Waals surface area contributed by atoms with Gasteiger partial charge in [0.15, 0.2) is 0 Å². The first-order valence-electron chi connectivity index (χ1n) is 7.50. The molecular weight excluding hydrogens is 270 g/mol. The number of fused-ring (bicyclic) bond motifs is 1. The van der Waals surface area contributed by atoms with Crippen LogP contribution in [0.2, 0.25) is 0 Å². The van der Waals surface area contributed by atoms with Crippen LogP contribution in [0.5, 0.6) is 0 Å². The van der Waals surface area contributed by atoms with E-state index in [1.54, 1.807) is 4.90 Å². The molecule has 0 aromatic rings. The Kier molecular flexibility index (Phi) is 5.07. The van der Waals surface area contributed by atoms with E-state index in [4.69, 9.17) is 11.5 Å². The third kappa shape index (κ3) is 3.67. The van der Waals surface area contributed by atoms with Crippen LogP contribution in [0.3, 0.4) is 0 Å². The molecule has 0 spiro atoms. The lowest BCUT2D eigenvalue weighted by Crippen LogP contribution is -2.62. The van der Waals surface area contributed by atoms with Gasteiger partial charge in [-0.2, -0.15) is 0 Å². The number of carboxylic acid groups (broad SMARTS) is 1. The number of rotatable bonds is 3.